The Morgan fingerprint density at radius 1 is 1.03 bits per heavy atom. The van der Waals surface area contributed by atoms with Crippen molar-refractivity contribution in [1.82, 2.24) is 16.0 Å². The molecule has 1 aliphatic heterocycles. The van der Waals surface area contributed by atoms with E-state index in [0.717, 1.165) is 11.1 Å². The average molecular weight is 503 g/mol. The van der Waals surface area contributed by atoms with Gasteiger partial charge in [-0.15, -0.1) is 0 Å². The van der Waals surface area contributed by atoms with Gasteiger partial charge in [0.2, 0.25) is 11.8 Å². The van der Waals surface area contributed by atoms with Crippen LogP contribution in [0.2, 0.25) is 0 Å². The van der Waals surface area contributed by atoms with Crippen molar-refractivity contribution in [1.29, 1.82) is 0 Å². The lowest BCUT2D eigenvalue weighted by atomic mass is 10.0. The fourth-order valence-electron chi connectivity index (χ4n) is 4.47. The SMILES string of the molecule is CNC(C)C(=O)NC(C(=O)N1c2ccccc2C[C@H]1C(=O)NCc1cc(F)ccc1C)c1ccccc1. The lowest BCUT2D eigenvalue weighted by Gasteiger charge is -2.30. The molecule has 37 heavy (non-hydrogen) atoms. The van der Waals surface area contributed by atoms with E-state index < -0.39 is 24.0 Å². The summed E-state index contributed by atoms with van der Waals surface area (Å²) in [6, 6.07) is 18.5. The molecule has 3 amide bonds. The Morgan fingerprint density at radius 2 is 1.73 bits per heavy atom. The molecule has 3 aromatic rings. The van der Waals surface area contributed by atoms with Gasteiger partial charge in [0.1, 0.15) is 17.9 Å². The summed E-state index contributed by atoms with van der Waals surface area (Å²) in [6.45, 7) is 3.69. The van der Waals surface area contributed by atoms with Crippen LogP contribution in [0.3, 0.4) is 0 Å². The molecule has 3 N–H and O–H groups in total. The lowest BCUT2D eigenvalue weighted by molar-refractivity contribution is -0.130. The Balaban J connectivity index is 1.64. The van der Waals surface area contributed by atoms with Crippen LogP contribution in [0.25, 0.3) is 0 Å². The summed E-state index contributed by atoms with van der Waals surface area (Å²) in [4.78, 5) is 41.8. The van der Waals surface area contributed by atoms with E-state index in [0.29, 0.717) is 23.2 Å². The molecule has 8 heteroatoms. The summed E-state index contributed by atoms with van der Waals surface area (Å²) in [7, 11) is 1.67. The number of anilines is 1. The molecule has 1 aliphatic rings. The lowest BCUT2D eigenvalue weighted by Crippen LogP contribution is -2.53. The minimum absolute atomic E-state index is 0.135. The zero-order chi connectivity index (χ0) is 26.5. The van der Waals surface area contributed by atoms with Crippen molar-refractivity contribution in [2.24, 2.45) is 0 Å². The zero-order valence-electron chi connectivity index (χ0n) is 21.1. The topological polar surface area (TPSA) is 90.5 Å². The second-order valence-electron chi connectivity index (χ2n) is 9.21. The molecule has 0 aromatic heterocycles. The largest absolute Gasteiger partial charge is 0.350 e. The van der Waals surface area contributed by atoms with Crippen molar-refractivity contribution >= 4 is 23.4 Å². The summed E-state index contributed by atoms with van der Waals surface area (Å²) >= 11 is 0. The highest BCUT2D eigenvalue weighted by Gasteiger charge is 2.41. The van der Waals surface area contributed by atoms with Gasteiger partial charge < -0.3 is 16.0 Å². The van der Waals surface area contributed by atoms with E-state index in [2.05, 4.69) is 16.0 Å². The number of benzene rings is 3. The molecular weight excluding hydrogens is 471 g/mol. The first kappa shape index (κ1) is 26.0. The number of halogens is 1. The number of hydrogen-bond donors (Lipinski definition) is 3. The molecule has 0 saturated carbocycles. The Bertz CT molecular complexity index is 1300. The number of carbonyl (C=O) groups excluding carboxylic acids is 3. The van der Waals surface area contributed by atoms with E-state index in [1.165, 1.54) is 17.0 Å². The van der Waals surface area contributed by atoms with Gasteiger partial charge in [-0.2, -0.15) is 0 Å². The molecule has 192 valence electrons. The third-order valence-electron chi connectivity index (χ3n) is 6.77. The van der Waals surface area contributed by atoms with E-state index in [1.54, 1.807) is 50.4 Å². The van der Waals surface area contributed by atoms with Gasteiger partial charge in [0, 0.05) is 18.7 Å². The fraction of sp³-hybridized carbons (Fsp3) is 0.276. The van der Waals surface area contributed by atoms with E-state index in [-0.39, 0.29) is 24.2 Å². The van der Waals surface area contributed by atoms with Gasteiger partial charge >= 0.3 is 0 Å². The van der Waals surface area contributed by atoms with Gasteiger partial charge in [-0.25, -0.2) is 4.39 Å². The summed E-state index contributed by atoms with van der Waals surface area (Å²) in [5.74, 6) is -1.47. The Kier molecular flexibility index (Phi) is 7.98. The minimum Gasteiger partial charge on any atom is -0.350 e. The van der Waals surface area contributed by atoms with Crippen LogP contribution in [0, 0.1) is 12.7 Å². The molecule has 3 aromatic carbocycles. The highest BCUT2D eigenvalue weighted by atomic mass is 19.1. The zero-order valence-corrected chi connectivity index (χ0v) is 21.1. The predicted molar refractivity (Wildman–Crippen MR) is 140 cm³/mol. The smallest absolute Gasteiger partial charge is 0.254 e. The molecule has 0 fully saturated rings. The Morgan fingerprint density at radius 3 is 2.46 bits per heavy atom. The van der Waals surface area contributed by atoms with Crippen LogP contribution in [0.4, 0.5) is 10.1 Å². The van der Waals surface area contributed by atoms with E-state index in [9.17, 15) is 18.8 Å². The van der Waals surface area contributed by atoms with Crippen molar-refractivity contribution in [3.63, 3.8) is 0 Å². The normalized spacial score (nSPS) is 16.0. The number of para-hydroxylation sites is 1. The molecule has 0 saturated heterocycles. The second kappa shape index (κ2) is 11.3. The van der Waals surface area contributed by atoms with Crippen LogP contribution in [-0.2, 0) is 27.3 Å². The molecule has 1 heterocycles. The maximum Gasteiger partial charge on any atom is 0.254 e. The number of nitrogens with one attached hydrogen (secondary N) is 3. The second-order valence-corrected chi connectivity index (χ2v) is 9.21. The molecule has 0 spiro atoms. The number of carbonyl (C=O) groups is 3. The first-order valence-corrected chi connectivity index (χ1v) is 12.3. The highest BCUT2D eigenvalue weighted by molar-refractivity contribution is 6.07. The van der Waals surface area contributed by atoms with Gasteiger partial charge in [-0.3, -0.25) is 19.3 Å². The third kappa shape index (κ3) is 5.70. The molecule has 0 bridgehead atoms. The quantitative estimate of drug-likeness (QED) is 0.441. The van der Waals surface area contributed by atoms with Gasteiger partial charge in [-0.1, -0.05) is 54.6 Å². The Hall–Kier alpha value is -4.04. The van der Waals surface area contributed by atoms with Crippen LogP contribution in [-0.4, -0.2) is 36.9 Å². The first-order chi connectivity index (χ1) is 17.8. The van der Waals surface area contributed by atoms with Crippen molar-refractivity contribution in [3.05, 3.63) is 101 Å². The number of fused-ring (bicyclic) bond motifs is 1. The van der Waals surface area contributed by atoms with Crippen LogP contribution in [0.5, 0.6) is 0 Å². The van der Waals surface area contributed by atoms with Crippen molar-refractivity contribution in [2.75, 3.05) is 11.9 Å². The monoisotopic (exact) mass is 502 g/mol. The van der Waals surface area contributed by atoms with Crippen LogP contribution >= 0.6 is 0 Å². The van der Waals surface area contributed by atoms with E-state index in [4.69, 9.17) is 0 Å². The van der Waals surface area contributed by atoms with Gasteiger partial charge in [-0.05, 0) is 61.3 Å². The maximum atomic E-state index is 14.1. The predicted octanol–water partition coefficient (Wildman–Crippen LogP) is 3.17. The number of likely N-dealkylation sites (N-methyl/N-ethyl adjacent to an activating group) is 1. The van der Waals surface area contributed by atoms with Crippen molar-refractivity contribution in [3.8, 4) is 0 Å². The number of hydrogen-bond acceptors (Lipinski definition) is 4. The number of nitrogens with zero attached hydrogens (tertiary/aromatic N) is 1. The van der Waals surface area contributed by atoms with Crippen LogP contribution in [0.1, 0.15) is 35.2 Å². The Labute approximate surface area is 216 Å². The van der Waals surface area contributed by atoms with Crippen LogP contribution in [0.15, 0.2) is 72.8 Å². The average Bonchev–Trinajstić information content (AvgIpc) is 3.31. The fourth-order valence-corrected chi connectivity index (χ4v) is 4.47. The standard InChI is InChI=1S/C29H31FN4O3/c1-18-13-14-23(30)15-22(18)17-32-28(36)25-16-21-11-7-8-12-24(21)34(25)29(37)26(20-9-5-4-6-10-20)33-27(35)19(2)31-3/h4-15,19,25-26,31H,16-17H2,1-3H3,(H,32,36)(H,33,35)/t19?,25-,26?/m0/s1. The summed E-state index contributed by atoms with van der Waals surface area (Å²) in [6.07, 6.45) is 0.332. The van der Waals surface area contributed by atoms with Crippen molar-refractivity contribution < 1.29 is 18.8 Å². The summed E-state index contributed by atoms with van der Waals surface area (Å²) in [5, 5.41) is 8.62. The summed E-state index contributed by atoms with van der Waals surface area (Å²) in [5.41, 5.74) is 3.63. The van der Waals surface area contributed by atoms with E-state index >= 15 is 0 Å². The molecule has 0 radical (unpaired) electrons. The first-order valence-electron chi connectivity index (χ1n) is 12.3. The molecule has 2 unspecified atom stereocenters. The molecule has 4 rings (SSSR count). The number of rotatable bonds is 8. The van der Waals surface area contributed by atoms with Crippen LogP contribution < -0.4 is 20.9 Å². The molecule has 7 nitrogen and oxygen atoms in total. The minimum atomic E-state index is -0.989. The maximum absolute atomic E-state index is 14.1. The molecular formula is C29H31FN4O3. The highest BCUT2D eigenvalue weighted by Crippen LogP contribution is 2.34. The summed E-state index contributed by atoms with van der Waals surface area (Å²) < 4.78 is 13.8. The van der Waals surface area contributed by atoms with Gasteiger partial charge in [0.05, 0.1) is 6.04 Å². The van der Waals surface area contributed by atoms with Crippen molar-refractivity contribution in [2.45, 2.75) is 44.9 Å². The van der Waals surface area contributed by atoms with Gasteiger partial charge in [0.25, 0.3) is 5.91 Å². The molecule has 0 aliphatic carbocycles. The number of aryl methyl sites for hydroxylation is 1. The molecule has 3 atom stereocenters. The van der Waals surface area contributed by atoms with Gasteiger partial charge in [0.15, 0.2) is 0 Å². The number of amides is 3. The van der Waals surface area contributed by atoms with E-state index in [1.807, 2.05) is 31.2 Å². The third-order valence-corrected chi connectivity index (χ3v) is 6.77.